The first kappa shape index (κ1) is 14.6. The lowest BCUT2D eigenvalue weighted by Gasteiger charge is -2.20. The molecule has 0 radical (unpaired) electrons. The number of aromatic nitrogens is 3. The van der Waals surface area contributed by atoms with Gasteiger partial charge in [0.05, 0.1) is 5.39 Å². The van der Waals surface area contributed by atoms with Crippen molar-refractivity contribution in [2.24, 2.45) is 0 Å². The lowest BCUT2D eigenvalue weighted by atomic mass is 10.2. The van der Waals surface area contributed by atoms with Gasteiger partial charge in [-0.25, -0.2) is 9.97 Å². The molecule has 0 atom stereocenters. The number of ether oxygens (including phenoxy) is 1. The molecule has 2 N–H and O–H groups in total. The second-order valence-electron chi connectivity index (χ2n) is 6.48. The van der Waals surface area contributed by atoms with Crippen LogP contribution in [0, 0.1) is 0 Å². The van der Waals surface area contributed by atoms with E-state index in [9.17, 15) is 4.79 Å². The number of hydrogen-bond donors (Lipinski definition) is 2. The first-order chi connectivity index (χ1) is 10.4. The molecule has 2 aromatic rings. The molecule has 0 aromatic carbocycles. The monoisotopic (exact) mass is 300 g/mol. The highest BCUT2D eigenvalue weighted by Crippen LogP contribution is 2.28. The summed E-state index contributed by atoms with van der Waals surface area (Å²) in [6.07, 6.45) is 8.71. The van der Waals surface area contributed by atoms with Crippen LogP contribution in [0.5, 0.6) is 5.88 Å². The van der Waals surface area contributed by atoms with Crippen molar-refractivity contribution in [3.63, 3.8) is 0 Å². The molecule has 1 fully saturated rings. The summed E-state index contributed by atoms with van der Waals surface area (Å²) in [7, 11) is 0. The van der Waals surface area contributed by atoms with Crippen molar-refractivity contribution in [3.8, 4) is 5.88 Å². The van der Waals surface area contributed by atoms with Crippen molar-refractivity contribution in [1.82, 2.24) is 20.3 Å². The van der Waals surface area contributed by atoms with Crippen LogP contribution in [0.25, 0.3) is 17.1 Å². The van der Waals surface area contributed by atoms with Gasteiger partial charge >= 0.3 is 0 Å². The fraction of sp³-hybridized carbons (Fsp3) is 0.438. The van der Waals surface area contributed by atoms with Crippen molar-refractivity contribution < 1.29 is 9.53 Å². The smallest absolute Gasteiger partial charge is 0.244 e. The van der Waals surface area contributed by atoms with E-state index in [1.807, 2.05) is 20.8 Å². The zero-order chi connectivity index (χ0) is 15.7. The summed E-state index contributed by atoms with van der Waals surface area (Å²) in [5.74, 6) is 0.438. The number of carbonyl (C=O) groups is 1. The number of carbonyl (C=O) groups excluding carboxylic acids is 1. The maximum absolute atomic E-state index is 11.8. The molecule has 3 rings (SSSR count). The summed E-state index contributed by atoms with van der Waals surface area (Å²) >= 11 is 0. The van der Waals surface area contributed by atoms with E-state index in [0.29, 0.717) is 17.6 Å². The van der Waals surface area contributed by atoms with E-state index in [2.05, 4.69) is 20.3 Å². The minimum Gasteiger partial charge on any atom is -0.471 e. The van der Waals surface area contributed by atoms with Crippen LogP contribution in [-0.2, 0) is 4.79 Å². The maximum Gasteiger partial charge on any atom is 0.244 e. The van der Waals surface area contributed by atoms with Crippen LogP contribution in [-0.4, -0.2) is 32.5 Å². The highest BCUT2D eigenvalue weighted by Gasteiger charge is 2.22. The zero-order valence-corrected chi connectivity index (χ0v) is 13.0. The summed E-state index contributed by atoms with van der Waals surface area (Å²) in [5.41, 5.74) is 1.17. The average molecular weight is 300 g/mol. The molecule has 22 heavy (non-hydrogen) atoms. The molecule has 116 valence electrons. The van der Waals surface area contributed by atoms with Gasteiger partial charge in [-0.3, -0.25) is 4.79 Å². The molecule has 2 aromatic heterocycles. The van der Waals surface area contributed by atoms with Crippen molar-refractivity contribution in [1.29, 1.82) is 0 Å². The quantitative estimate of drug-likeness (QED) is 0.850. The van der Waals surface area contributed by atoms with Gasteiger partial charge in [-0.05, 0) is 39.7 Å². The minimum absolute atomic E-state index is 0.0769. The number of hydrogen-bond acceptors (Lipinski definition) is 4. The highest BCUT2D eigenvalue weighted by atomic mass is 16.5. The highest BCUT2D eigenvalue weighted by molar-refractivity contribution is 5.97. The van der Waals surface area contributed by atoms with Gasteiger partial charge in [-0.1, -0.05) is 0 Å². The van der Waals surface area contributed by atoms with E-state index in [1.165, 1.54) is 12.4 Å². The van der Waals surface area contributed by atoms with Crippen molar-refractivity contribution in [3.05, 3.63) is 24.2 Å². The third-order valence-electron chi connectivity index (χ3n) is 3.21. The van der Waals surface area contributed by atoms with Crippen LogP contribution in [0.15, 0.2) is 18.6 Å². The Kier molecular flexibility index (Phi) is 3.60. The molecule has 0 saturated heterocycles. The molecular formula is C16H20N4O2. The second-order valence-corrected chi connectivity index (χ2v) is 6.48. The Labute approximate surface area is 129 Å². The number of H-pyrrole nitrogens is 1. The van der Waals surface area contributed by atoms with E-state index < -0.39 is 0 Å². The van der Waals surface area contributed by atoms with E-state index in [-0.39, 0.29) is 11.5 Å². The van der Waals surface area contributed by atoms with Crippen LogP contribution in [0.3, 0.4) is 0 Å². The molecule has 6 nitrogen and oxygen atoms in total. The summed E-state index contributed by atoms with van der Waals surface area (Å²) in [4.78, 5) is 23.3. The predicted molar refractivity (Wildman–Crippen MR) is 84.5 cm³/mol. The third-order valence-corrected chi connectivity index (χ3v) is 3.21. The van der Waals surface area contributed by atoms with Crippen LogP contribution >= 0.6 is 0 Å². The Hall–Kier alpha value is -2.37. The first-order valence-corrected chi connectivity index (χ1v) is 7.42. The van der Waals surface area contributed by atoms with Crippen molar-refractivity contribution >= 4 is 23.0 Å². The standard InChI is InChI=1S/C16H20N4O2/c1-16(2,3)22-15-13-10(8-17-14(13)18-9-19-15)4-7-12(21)20-11-5-6-11/h4,7-9,11H,5-6H2,1-3H3,(H,20,21)(H,17,18,19)/b7-4+. The fourth-order valence-corrected chi connectivity index (χ4v) is 2.10. The SMILES string of the molecule is CC(C)(C)Oc1ncnc2[nH]cc(/C=C/C(=O)NC3CC3)c12. The average Bonchev–Trinajstić information content (AvgIpc) is 3.13. The van der Waals surface area contributed by atoms with Gasteiger partial charge < -0.3 is 15.0 Å². The number of nitrogens with zero attached hydrogens (tertiary/aromatic N) is 2. The zero-order valence-electron chi connectivity index (χ0n) is 13.0. The number of nitrogens with one attached hydrogen (secondary N) is 2. The molecule has 1 amide bonds. The van der Waals surface area contributed by atoms with Gasteiger partial charge in [0, 0.05) is 23.9 Å². The van der Waals surface area contributed by atoms with E-state index in [4.69, 9.17) is 4.74 Å². The Balaban J connectivity index is 1.88. The van der Waals surface area contributed by atoms with E-state index >= 15 is 0 Å². The molecule has 0 bridgehead atoms. The van der Waals surface area contributed by atoms with Crippen LogP contribution in [0.1, 0.15) is 39.2 Å². The molecular weight excluding hydrogens is 280 g/mol. The van der Waals surface area contributed by atoms with E-state index in [1.54, 1.807) is 12.3 Å². The normalized spacial score (nSPS) is 15.4. The van der Waals surface area contributed by atoms with Crippen molar-refractivity contribution in [2.45, 2.75) is 45.3 Å². The molecule has 1 saturated carbocycles. The summed E-state index contributed by atoms with van der Waals surface area (Å²) < 4.78 is 5.89. The van der Waals surface area contributed by atoms with Gasteiger partial charge in [0.15, 0.2) is 0 Å². The maximum atomic E-state index is 11.8. The first-order valence-electron chi connectivity index (χ1n) is 7.42. The largest absolute Gasteiger partial charge is 0.471 e. The Morgan fingerprint density at radius 1 is 1.41 bits per heavy atom. The second kappa shape index (κ2) is 5.44. The molecule has 1 aliphatic carbocycles. The van der Waals surface area contributed by atoms with Crippen LogP contribution in [0.4, 0.5) is 0 Å². The fourth-order valence-electron chi connectivity index (χ4n) is 2.10. The molecule has 0 unspecified atom stereocenters. The molecule has 2 heterocycles. The topological polar surface area (TPSA) is 79.9 Å². The van der Waals surface area contributed by atoms with Crippen LogP contribution < -0.4 is 10.1 Å². The van der Waals surface area contributed by atoms with Gasteiger partial charge in [0.25, 0.3) is 0 Å². The van der Waals surface area contributed by atoms with Gasteiger partial charge in [-0.15, -0.1) is 0 Å². The van der Waals surface area contributed by atoms with Crippen LogP contribution in [0.2, 0.25) is 0 Å². The Morgan fingerprint density at radius 3 is 2.86 bits per heavy atom. The predicted octanol–water partition coefficient (Wildman–Crippen LogP) is 2.43. The third kappa shape index (κ3) is 3.44. The number of fused-ring (bicyclic) bond motifs is 1. The lowest BCUT2D eigenvalue weighted by Crippen LogP contribution is -2.23. The minimum atomic E-state index is -0.358. The number of aromatic amines is 1. The number of amides is 1. The van der Waals surface area contributed by atoms with E-state index in [0.717, 1.165) is 23.8 Å². The lowest BCUT2D eigenvalue weighted by molar-refractivity contribution is -0.116. The molecule has 6 heteroatoms. The van der Waals surface area contributed by atoms with Gasteiger partial charge in [0.1, 0.15) is 17.6 Å². The molecule has 0 aliphatic heterocycles. The Morgan fingerprint density at radius 2 is 2.18 bits per heavy atom. The molecule has 1 aliphatic rings. The van der Waals surface area contributed by atoms with Crippen molar-refractivity contribution in [2.75, 3.05) is 0 Å². The molecule has 0 spiro atoms. The van der Waals surface area contributed by atoms with Gasteiger partial charge in [-0.2, -0.15) is 0 Å². The Bertz CT molecular complexity index is 723. The van der Waals surface area contributed by atoms with Gasteiger partial charge in [0.2, 0.25) is 11.8 Å². The summed E-state index contributed by atoms with van der Waals surface area (Å²) in [5, 5.41) is 3.70. The summed E-state index contributed by atoms with van der Waals surface area (Å²) in [6.45, 7) is 5.89. The number of rotatable bonds is 4. The summed E-state index contributed by atoms with van der Waals surface area (Å²) in [6, 6.07) is 0.350.